The quantitative estimate of drug-likeness (QED) is 0.881. The molecule has 0 radical (unpaired) electrons. The van der Waals surface area contributed by atoms with Crippen LogP contribution in [0.3, 0.4) is 0 Å². The molecule has 1 aromatic rings. The molecular formula is C11H14BrFO. The normalized spacial score (nSPS) is 11.8. The molecule has 0 saturated heterocycles. The van der Waals surface area contributed by atoms with Gasteiger partial charge in [0.25, 0.3) is 0 Å². The van der Waals surface area contributed by atoms with Gasteiger partial charge in [-0.15, -0.1) is 0 Å². The molecule has 3 heteroatoms. The maximum atomic E-state index is 13.5. The Labute approximate surface area is 92.1 Å². The molecule has 0 aliphatic heterocycles. The molecular weight excluding hydrogens is 247 g/mol. The van der Waals surface area contributed by atoms with Crippen molar-refractivity contribution in [3.05, 3.63) is 34.1 Å². The van der Waals surface area contributed by atoms with Crippen molar-refractivity contribution < 1.29 is 9.50 Å². The Morgan fingerprint density at radius 1 is 1.36 bits per heavy atom. The Morgan fingerprint density at radius 2 is 1.93 bits per heavy atom. The Hall–Kier alpha value is -0.410. The summed E-state index contributed by atoms with van der Waals surface area (Å²) in [5, 5.41) is 10.1. The van der Waals surface area contributed by atoms with Gasteiger partial charge in [-0.1, -0.05) is 29.8 Å². The lowest BCUT2D eigenvalue weighted by Gasteiger charge is -2.26. The first-order valence-corrected chi connectivity index (χ1v) is 5.50. The third-order valence-corrected chi connectivity index (χ3v) is 3.09. The topological polar surface area (TPSA) is 20.2 Å². The zero-order valence-electron chi connectivity index (χ0n) is 8.35. The van der Waals surface area contributed by atoms with Gasteiger partial charge in [0.05, 0.1) is 5.60 Å². The van der Waals surface area contributed by atoms with E-state index in [1.165, 1.54) is 6.07 Å². The van der Waals surface area contributed by atoms with Crippen LogP contribution in [-0.4, -0.2) is 5.11 Å². The molecule has 1 aromatic carbocycles. The molecule has 0 spiro atoms. The molecule has 0 aliphatic carbocycles. The first-order chi connectivity index (χ1) is 6.53. The van der Waals surface area contributed by atoms with Crippen LogP contribution >= 0.6 is 15.9 Å². The van der Waals surface area contributed by atoms with E-state index in [4.69, 9.17) is 0 Å². The van der Waals surface area contributed by atoms with Crippen molar-refractivity contribution in [1.82, 2.24) is 0 Å². The monoisotopic (exact) mass is 260 g/mol. The average molecular weight is 261 g/mol. The van der Waals surface area contributed by atoms with Crippen molar-refractivity contribution in [3.63, 3.8) is 0 Å². The molecule has 1 N–H and O–H groups in total. The lowest BCUT2D eigenvalue weighted by molar-refractivity contribution is 0.0248. The fraction of sp³-hybridized carbons (Fsp3) is 0.455. The molecule has 0 amide bonds. The number of hydrogen-bond donors (Lipinski definition) is 1. The van der Waals surface area contributed by atoms with Gasteiger partial charge in [-0.25, -0.2) is 4.39 Å². The molecule has 0 saturated carbocycles. The van der Waals surface area contributed by atoms with Crippen LogP contribution in [0, 0.1) is 5.82 Å². The maximum Gasteiger partial charge on any atom is 0.129 e. The van der Waals surface area contributed by atoms with Crippen LogP contribution in [0.25, 0.3) is 0 Å². The Kier molecular flexibility index (Phi) is 3.67. The van der Waals surface area contributed by atoms with Crippen molar-refractivity contribution in [2.75, 3.05) is 0 Å². The van der Waals surface area contributed by atoms with Gasteiger partial charge >= 0.3 is 0 Å². The van der Waals surface area contributed by atoms with Crippen LogP contribution in [0.4, 0.5) is 4.39 Å². The summed E-state index contributed by atoms with van der Waals surface area (Å²) in [4.78, 5) is 0. The van der Waals surface area contributed by atoms with Gasteiger partial charge in [-0.05, 0) is 31.0 Å². The van der Waals surface area contributed by atoms with E-state index in [2.05, 4.69) is 15.9 Å². The van der Waals surface area contributed by atoms with Gasteiger partial charge in [0.15, 0.2) is 0 Å². The molecule has 0 fully saturated rings. The van der Waals surface area contributed by atoms with E-state index >= 15 is 0 Å². The molecule has 0 unspecified atom stereocenters. The SMILES string of the molecule is CCC(O)(CC)c1cc(Br)ccc1F. The molecule has 0 aliphatic rings. The summed E-state index contributed by atoms with van der Waals surface area (Å²) in [6.07, 6.45) is 1.02. The summed E-state index contributed by atoms with van der Waals surface area (Å²) in [7, 11) is 0. The second-order valence-corrected chi connectivity index (χ2v) is 4.28. The van der Waals surface area contributed by atoms with Crippen molar-refractivity contribution in [2.24, 2.45) is 0 Å². The minimum Gasteiger partial charge on any atom is -0.385 e. The minimum atomic E-state index is -1.05. The number of hydrogen-bond acceptors (Lipinski definition) is 1. The summed E-state index contributed by atoms with van der Waals surface area (Å²) in [6.45, 7) is 3.70. The summed E-state index contributed by atoms with van der Waals surface area (Å²) < 4.78 is 14.2. The van der Waals surface area contributed by atoms with Crippen LogP contribution in [0.2, 0.25) is 0 Å². The highest BCUT2D eigenvalue weighted by atomic mass is 79.9. The number of aliphatic hydroxyl groups is 1. The van der Waals surface area contributed by atoms with Crippen LogP contribution in [0.1, 0.15) is 32.3 Å². The third kappa shape index (κ3) is 2.15. The van der Waals surface area contributed by atoms with Crippen LogP contribution in [0.15, 0.2) is 22.7 Å². The fourth-order valence-corrected chi connectivity index (χ4v) is 1.85. The molecule has 1 rings (SSSR count). The second-order valence-electron chi connectivity index (χ2n) is 3.36. The lowest BCUT2D eigenvalue weighted by atomic mass is 9.88. The van der Waals surface area contributed by atoms with Crippen molar-refractivity contribution in [1.29, 1.82) is 0 Å². The van der Waals surface area contributed by atoms with Crippen LogP contribution in [0.5, 0.6) is 0 Å². The highest BCUT2D eigenvalue weighted by Crippen LogP contribution is 2.32. The minimum absolute atomic E-state index is 0.348. The van der Waals surface area contributed by atoms with Crippen LogP contribution < -0.4 is 0 Å². The van der Waals surface area contributed by atoms with Gasteiger partial charge in [0.1, 0.15) is 5.82 Å². The average Bonchev–Trinajstić information content (AvgIpc) is 2.20. The molecule has 14 heavy (non-hydrogen) atoms. The van der Waals surface area contributed by atoms with E-state index in [9.17, 15) is 9.50 Å². The van der Waals surface area contributed by atoms with Gasteiger partial charge in [0.2, 0.25) is 0 Å². The predicted molar refractivity (Wildman–Crippen MR) is 58.6 cm³/mol. The van der Waals surface area contributed by atoms with E-state index < -0.39 is 5.60 Å². The Balaban J connectivity index is 3.22. The number of rotatable bonds is 3. The van der Waals surface area contributed by atoms with Crippen molar-refractivity contribution >= 4 is 15.9 Å². The number of halogens is 2. The van der Waals surface area contributed by atoms with E-state index in [-0.39, 0.29) is 5.82 Å². The maximum absolute atomic E-state index is 13.5. The molecule has 0 atom stereocenters. The van der Waals surface area contributed by atoms with Gasteiger partial charge in [0, 0.05) is 10.0 Å². The van der Waals surface area contributed by atoms with Gasteiger partial charge < -0.3 is 5.11 Å². The van der Waals surface area contributed by atoms with Gasteiger partial charge in [-0.3, -0.25) is 0 Å². The van der Waals surface area contributed by atoms with Crippen molar-refractivity contribution in [3.8, 4) is 0 Å². The van der Waals surface area contributed by atoms with Crippen LogP contribution in [-0.2, 0) is 5.60 Å². The summed E-state index contributed by atoms with van der Waals surface area (Å²) in [6, 6.07) is 4.64. The van der Waals surface area contributed by atoms with E-state index in [0.717, 1.165) is 4.47 Å². The first kappa shape index (κ1) is 11.7. The van der Waals surface area contributed by atoms with E-state index in [1.807, 2.05) is 13.8 Å². The lowest BCUT2D eigenvalue weighted by Crippen LogP contribution is -2.24. The largest absolute Gasteiger partial charge is 0.385 e. The smallest absolute Gasteiger partial charge is 0.129 e. The number of benzene rings is 1. The molecule has 0 heterocycles. The fourth-order valence-electron chi connectivity index (χ4n) is 1.49. The molecule has 0 aromatic heterocycles. The molecule has 1 nitrogen and oxygen atoms in total. The molecule has 78 valence electrons. The summed E-state index contributed by atoms with van der Waals surface area (Å²) in [5.74, 6) is -0.348. The zero-order chi connectivity index (χ0) is 10.8. The highest BCUT2D eigenvalue weighted by Gasteiger charge is 2.28. The highest BCUT2D eigenvalue weighted by molar-refractivity contribution is 9.10. The van der Waals surface area contributed by atoms with E-state index in [1.54, 1.807) is 12.1 Å². The van der Waals surface area contributed by atoms with Gasteiger partial charge in [-0.2, -0.15) is 0 Å². The Bertz CT molecular complexity index is 321. The zero-order valence-corrected chi connectivity index (χ0v) is 9.94. The third-order valence-electron chi connectivity index (χ3n) is 2.60. The van der Waals surface area contributed by atoms with E-state index in [0.29, 0.717) is 18.4 Å². The second kappa shape index (κ2) is 4.41. The predicted octanol–water partition coefficient (Wildman–Crippen LogP) is 3.60. The summed E-state index contributed by atoms with van der Waals surface area (Å²) in [5.41, 5.74) is -0.676. The molecule has 0 bridgehead atoms. The first-order valence-electron chi connectivity index (χ1n) is 4.71. The standard InChI is InChI=1S/C11H14BrFO/c1-3-11(14,4-2)9-7-8(12)5-6-10(9)13/h5-7,14H,3-4H2,1-2H3. The summed E-state index contributed by atoms with van der Waals surface area (Å²) >= 11 is 3.27. The Morgan fingerprint density at radius 3 is 2.43 bits per heavy atom. The van der Waals surface area contributed by atoms with Crippen molar-refractivity contribution in [2.45, 2.75) is 32.3 Å².